The van der Waals surface area contributed by atoms with E-state index < -0.39 is 32.1 Å². The molecule has 12 heteroatoms. The Labute approximate surface area is 213 Å². The van der Waals surface area contributed by atoms with E-state index >= 15 is 0 Å². The molecule has 0 aromatic heterocycles. The third kappa shape index (κ3) is 6.48. The van der Waals surface area contributed by atoms with Crippen molar-refractivity contribution < 1.29 is 31.1 Å². The molecule has 1 aliphatic rings. The minimum atomic E-state index is -3.69. The Balaban J connectivity index is 1.77. The molecule has 1 aliphatic heterocycles. The summed E-state index contributed by atoms with van der Waals surface area (Å²) in [6.07, 6.45) is 3.21. The van der Waals surface area contributed by atoms with Gasteiger partial charge in [0, 0.05) is 20.1 Å². The summed E-state index contributed by atoms with van der Waals surface area (Å²) in [5, 5.41) is 2.74. The Morgan fingerprint density at radius 2 is 1.69 bits per heavy atom. The van der Waals surface area contributed by atoms with Gasteiger partial charge in [0.05, 0.1) is 29.6 Å². The average Bonchev–Trinajstić information content (AvgIpc) is 2.87. The van der Waals surface area contributed by atoms with Crippen molar-refractivity contribution in [3.63, 3.8) is 0 Å². The van der Waals surface area contributed by atoms with Crippen LogP contribution >= 0.6 is 0 Å². The number of piperidine rings is 1. The van der Waals surface area contributed by atoms with Gasteiger partial charge in [-0.1, -0.05) is 13.3 Å². The molecule has 0 radical (unpaired) electrons. The first-order valence-corrected chi connectivity index (χ1v) is 15.0. The van der Waals surface area contributed by atoms with Gasteiger partial charge in [-0.25, -0.2) is 16.8 Å². The van der Waals surface area contributed by atoms with Crippen LogP contribution in [0.15, 0.2) is 47.4 Å². The van der Waals surface area contributed by atoms with E-state index in [-0.39, 0.29) is 10.6 Å². The number of anilines is 2. The smallest absolute Gasteiger partial charge is 0.265 e. The Kier molecular flexibility index (Phi) is 8.85. The Morgan fingerprint density at radius 1 is 1.06 bits per heavy atom. The number of hydrogen-bond donors (Lipinski definition) is 1. The Morgan fingerprint density at radius 3 is 2.25 bits per heavy atom. The van der Waals surface area contributed by atoms with Crippen LogP contribution < -0.4 is 19.1 Å². The third-order valence-electron chi connectivity index (χ3n) is 6.02. The molecule has 0 aliphatic carbocycles. The number of rotatable bonds is 10. The molecule has 0 spiro atoms. The van der Waals surface area contributed by atoms with Crippen LogP contribution in [-0.4, -0.2) is 66.7 Å². The minimum Gasteiger partial charge on any atom is -0.495 e. The van der Waals surface area contributed by atoms with Crippen LogP contribution in [-0.2, 0) is 24.8 Å². The highest BCUT2D eigenvalue weighted by Crippen LogP contribution is 2.30. The molecular weight excluding hydrogens is 506 g/mol. The van der Waals surface area contributed by atoms with E-state index in [9.17, 15) is 21.6 Å². The number of nitrogens with one attached hydrogen (secondary N) is 1. The molecule has 1 fully saturated rings. The topological polar surface area (TPSA) is 122 Å². The summed E-state index contributed by atoms with van der Waals surface area (Å²) in [7, 11) is -4.21. The lowest BCUT2D eigenvalue weighted by Crippen LogP contribution is -2.35. The molecule has 10 nitrogen and oxygen atoms in total. The van der Waals surface area contributed by atoms with Crippen molar-refractivity contribution in [3.05, 3.63) is 42.5 Å². The number of ether oxygens (including phenoxy) is 2. The molecule has 2 aromatic rings. The quantitative estimate of drug-likeness (QED) is 0.492. The molecule has 1 amide bonds. The van der Waals surface area contributed by atoms with E-state index in [0.29, 0.717) is 36.7 Å². The van der Waals surface area contributed by atoms with Gasteiger partial charge < -0.3 is 14.8 Å². The zero-order chi connectivity index (χ0) is 26.5. The molecule has 0 bridgehead atoms. The van der Waals surface area contributed by atoms with E-state index in [0.717, 1.165) is 29.8 Å². The number of hydrogen-bond acceptors (Lipinski definition) is 7. The van der Waals surface area contributed by atoms with Crippen molar-refractivity contribution in [1.29, 1.82) is 0 Å². The fourth-order valence-corrected chi connectivity index (χ4v) is 5.87. The van der Waals surface area contributed by atoms with Gasteiger partial charge >= 0.3 is 0 Å². The molecule has 3 rings (SSSR count). The normalized spacial score (nSPS) is 15.7. The van der Waals surface area contributed by atoms with Gasteiger partial charge in [-0.05, 0) is 61.7 Å². The van der Waals surface area contributed by atoms with Crippen molar-refractivity contribution in [3.8, 4) is 11.5 Å². The molecule has 1 saturated heterocycles. The summed E-state index contributed by atoms with van der Waals surface area (Å²) in [6, 6.07) is 10.7. The van der Waals surface area contributed by atoms with Gasteiger partial charge in [-0.15, -0.1) is 0 Å². The first kappa shape index (κ1) is 27.8. The van der Waals surface area contributed by atoms with Crippen LogP contribution in [0.5, 0.6) is 11.5 Å². The van der Waals surface area contributed by atoms with E-state index in [2.05, 4.69) is 5.32 Å². The summed E-state index contributed by atoms with van der Waals surface area (Å²) in [6.45, 7) is 2.73. The molecule has 198 valence electrons. The summed E-state index contributed by atoms with van der Waals surface area (Å²) in [5.41, 5.74) is 0.687. The molecule has 2 aromatic carbocycles. The monoisotopic (exact) mass is 539 g/mol. The maximum Gasteiger partial charge on any atom is 0.265 e. The van der Waals surface area contributed by atoms with Crippen LogP contribution in [0.4, 0.5) is 11.4 Å². The second-order valence-electron chi connectivity index (χ2n) is 8.56. The van der Waals surface area contributed by atoms with Gasteiger partial charge in [-0.3, -0.25) is 9.10 Å². The van der Waals surface area contributed by atoms with Crippen LogP contribution in [0.1, 0.15) is 32.6 Å². The number of amides is 1. The van der Waals surface area contributed by atoms with E-state index in [1.165, 1.54) is 36.7 Å². The van der Waals surface area contributed by atoms with Crippen molar-refractivity contribution in [2.45, 2.75) is 43.6 Å². The number of carbonyl (C=O) groups excluding carboxylic acids is 1. The molecular formula is C24H33N3O7S2. The number of carbonyl (C=O) groups is 1. The fourth-order valence-electron chi connectivity index (χ4n) is 3.83. The second kappa shape index (κ2) is 11.5. The average molecular weight is 540 g/mol. The summed E-state index contributed by atoms with van der Waals surface area (Å²) in [4.78, 5) is 13.1. The molecule has 1 unspecified atom stereocenters. The highest BCUT2D eigenvalue weighted by Gasteiger charge is 2.28. The lowest BCUT2D eigenvalue weighted by atomic mass is 10.2. The number of methoxy groups -OCH3 is 1. The zero-order valence-corrected chi connectivity index (χ0v) is 22.6. The second-order valence-corrected chi connectivity index (χ2v) is 12.5. The van der Waals surface area contributed by atoms with Crippen LogP contribution in [0.25, 0.3) is 0 Å². The molecule has 1 atom stereocenters. The van der Waals surface area contributed by atoms with Gasteiger partial charge in [0.1, 0.15) is 11.5 Å². The van der Waals surface area contributed by atoms with Gasteiger partial charge in [0.15, 0.2) is 6.10 Å². The summed E-state index contributed by atoms with van der Waals surface area (Å²) in [5.74, 6) is 0.237. The molecule has 0 saturated carbocycles. The number of benzene rings is 2. The van der Waals surface area contributed by atoms with Gasteiger partial charge in [0.2, 0.25) is 20.0 Å². The highest BCUT2D eigenvalue weighted by molar-refractivity contribution is 7.92. The fraction of sp³-hybridized carbons (Fsp3) is 0.458. The SMILES string of the molecule is CCC(Oc1ccc(N(C)S(C)(=O)=O)cc1)C(=O)Nc1cc(S(=O)(=O)N2CCCCC2)ccc1OC. The van der Waals surface area contributed by atoms with Crippen molar-refractivity contribution >= 4 is 37.3 Å². The largest absolute Gasteiger partial charge is 0.495 e. The van der Waals surface area contributed by atoms with Gasteiger partial charge in [0.25, 0.3) is 5.91 Å². The van der Waals surface area contributed by atoms with Crippen LogP contribution in [0.2, 0.25) is 0 Å². The minimum absolute atomic E-state index is 0.0834. The number of nitrogens with zero attached hydrogens (tertiary/aromatic N) is 2. The Hall–Kier alpha value is -2.83. The molecule has 1 N–H and O–H groups in total. The Bertz CT molecular complexity index is 1270. The van der Waals surface area contributed by atoms with E-state index in [4.69, 9.17) is 9.47 Å². The van der Waals surface area contributed by atoms with Gasteiger partial charge in [-0.2, -0.15) is 4.31 Å². The van der Waals surface area contributed by atoms with E-state index in [1.807, 2.05) is 0 Å². The predicted octanol–water partition coefficient (Wildman–Crippen LogP) is 3.06. The lowest BCUT2D eigenvalue weighted by Gasteiger charge is -2.26. The maximum atomic E-state index is 13.1. The predicted molar refractivity (Wildman–Crippen MR) is 139 cm³/mol. The van der Waals surface area contributed by atoms with Crippen molar-refractivity contribution in [1.82, 2.24) is 4.31 Å². The summed E-state index contributed by atoms with van der Waals surface area (Å²) < 4.78 is 63.4. The van der Waals surface area contributed by atoms with Crippen LogP contribution in [0.3, 0.4) is 0 Å². The summed E-state index contributed by atoms with van der Waals surface area (Å²) >= 11 is 0. The molecule has 1 heterocycles. The lowest BCUT2D eigenvalue weighted by molar-refractivity contribution is -0.122. The first-order valence-electron chi connectivity index (χ1n) is 11.7. The standard InChI is InChI=1S/C24H33N3O7S2/c1-5-22(34-19-11-9-18(10-12-19)26(2)35(4,29)30)24(28)25-21-17-20(13-14-23(21)33-3)36(31,32)27-15-7-6-8-16-27/h9-14,17,22H,5-8,15-16H2,1-4H3,(H,25,28). The third-order valence-corrected chi connectivity index (χ3v) is 9.12. The highest BCUT2D eigenvalue weighted by atomic mass is 32.2. The first-order chi connectivity index (χ1) is 17.0. The van der Waals surface area contributed by atoms with E-state index in [1.54, 1.807) is 31.2 Å². The zero-order valence-electron chi connectivity index (χ0n) is 20.9. The molecule has 36 heavy (non-hydrogen) atoms. The van der Waals surface area contributed by atoms with Crippen molar-refractivity contribution in [2.24, 2.45) is 0 Å². The number of sulfonamides is 2. The van der Waals surface area contributed by atoms with Crippen molar-refractivity contribution in [2.75, 3.05) is 43.1 Å². The van der Waals surface area contributed by atoms with Crippen LogP contribution in [0, 0.1) is 0 Å². The maximum absolute atomic E-state index is 13.1.